The van der Waals surface area contributed by atoms with Gasteiger partial charge in [-0.15, -0.1) is 0 Å². The number of hydrogen-bond acceptors (Lipinski definition) is 3. The lowest BCUT2D eigenvalue weighted by Crippen LogP contribution is -2.47. The topological polar surface area (TPSA) is 58.6 Å². The van der Waals surface area contributed by atoms with Gasteiger partial charge in [0.1, 0.15) is 5.75 Å². The number of carbonyl (C=O) groups excluding carboxylic acids is 2. The van der Waals surface area contributed by atoms with Crippen molar-refractivity contribution in [3.05, 3.63) is 63.7 Å². The fourth-order valence-corrected chi connectivity index (χ4v) is 3.73. The Kier molecular flexibility index (Phi) is 6.80. The molecule has 0 aliphatic carbocycles. The van der Waals surface area contributed by atoms with E-state index in [9.17, 15) is 9.59 Å². The molecule has 0 radical (unpaired) electrons. The molecule has 1 aliphatic rings. The van der Waals surface area contributed by atoms with Crippen LogP contribution in [-0.2, 0) is 4.79 Å². The van der Waals surface area contributed by atoms with E-state index < -0.39 is 0 Å². The molecule has 6 heteroatoms. The lowest BCUT2D eigenvalue weighted by atomic mass is 10.0. The highest BCUT2D eigenvalue weighted by molar-refractivity contribution is 6.30. The number of benzene rings is 2. The highest BCUT2D eigenvalue weighted by atomic mass is 35.5. The molecule has 0 atom stereocenters. The summed E-state index contributed by atoms with van der Waals surface area (Å²) in [6.07, 6.45) is 1.45. The van der Waals surface area contributed by atoms with Gasteiger partial charge in [-0.25, -0.2) is 0 Å². The zero-order valence-corrected chi connectivity index (χ0v) is 17.9. The van der Waals surface area contributed by atoms with Gasteiger partial charge in [0.2, 0.25) is 0 Å². The maximum Gasteiger partial charge on any atom is 0.260 e. The fourth-order valence-electron chi connectivity index (χ4n) is 3.54. The molecule has 0 unspecified atom stereocenters. The largest absolute Gasteiger partial charge is 0.483 e. The Morgan fingerprint density at radius 3 is 2.48 bits per heavy atom. The van der Waals surface area contributed by atoms with Gasteiger partial charge in [-0.2, -0.15) is 0 Å². The Hall–Kier alpha value is -2.53. The van der Waals surface area contributed by atoms with Crippen LogP contribution in [0.4, 0.5) is 0 Å². The normalized spacial score (nSPS) is 14.6. The van der Waals surface area contributed by atoms with Gasteiger partial charge in [0, 0.05) is 29.7 Å². The Morgan fingerprint density at radius 2 is 1.79 bits per heavy atom. The molecule has 1 N–H and O–H groups in total. The van der Waals surface area contributed by atoms with Crippen LogP contribution in [0.5, 0.6) is 5.75 Å². The van der Waals surface area contributed by atoms with Crippen molar-refractivity contribution in [1.29, 1.82) is 0 Å². The van der Waals surface area contributed by atoms with Crippen molar-refractivity contribution in [3.8, 4) is 5.75 Å². The summed E-state index contributed by atoms with van der Waals surface area (Å²) < 4.78 is 5.85. The third-order valence-corrected chi connectivity index (χ3v) is 5.72. The zero-order chi connectivity index (χ0) is 21.0. The van der Waals surface area contributed by atoms with Gasteiger partial charge in [0.15, 0.2) is 6.61 Å². The van der Waals surface area contributed by atoms with Crippen LogP contribution in [0.15, 0.2) is 36.4 Å². The number of piperidine rings is 1. The van der Waals surface area contributed by atoms with Crippen molar-refractivity contribution < 1.29 is 14.3 Å². The number of halogens is 1. The van der Waals surface area contributed by atoms with Crippen molar-refractivity contribution in [1.82, 2.24) is 10.2 Å². The molecule has 3 rings (SSSR count). The van der Waals surface area contributed by atoms with Crippen LogP contribution >= 0.6 is 11.6 Å². The minimum absolute atomic E-state index is 0.0232. The number of likely N-dealkylation sites (tertiary alicyclic amines) is 1. The molecule has 1 fully saturated rings. The summed E-state index contributed by atoms with van der Waals surface area (Å²) in [4.78, 5) is 26.7. The van der Waals surface area contributed by atoms with Crippen LogP contribution in [0.25, 0.3) is 0 Å². The van der Waals surface area contributed by atoms with E-state index in [-0.39, 0.29) is 24.5 Å². The molecule has 0 bridgehead atoms. The molecule has 0 saturated carbocycles. The SMILES string of the molecule is Cc1ccc(C)c(OCC(=O)N2CCC(NC(=O)c3cccc(Cl)c3)CC2)c1C. The van der Waals surface area contributed by atoms with E-state index in [1.807, 2.05) is 31.7 Å². The molecule has 2 aromatic rings. The lowest BCUT2D eigenvalue weighted by molar-refractivity contribution is -0.134. The average Bonchev–Trinajstić information content (AvgIpc) is 2.71. The van der Waals surface area contributed by atoms with Crippen molar-refractivity contribution in [3.63, 3.8) is 0 Å². The molecule has 0 aromatic heterocycles. The van der Waals surface area contributed by atoms with Crippen molar-refractivity contribution in [2.24, 2.45) is 0 Å². The lowest BCUT2D eigenvalue weighted by Gasteiger charge is -2.32. The standard InChI is InChI=1S/C23H27ClN2O3/c1-15-7-8-16(2)22(17(15)3)29-14-21(27)26-11-9-20(10-12-26)25-23(28)18-5-4-6-19(24)13-18/h4-8,13,20H,9-12,14H2,1-3H3,(H,25,28). The van der Waals surface area contributed by atoms with Gasteiger partial charge in [0.25, 0.3) is 11.8 Å². The number of aryl methyl sites for hydroxylation is 2. The number of ether oxygens (including phenoxy) is 1. The van der Waals surface area contributed by atoms with Gasteiger partial charge in [-0.05, 0) is 68.5 Å². The van der Waals surface area contributed by atoms with Crippen LogP contribution in [0.2, 0.25) is 5.02 Å². The first kappa shape index (κ1) is 21.2. The first-order chi connectivity index (χ1) is 13.8. The second kappa shape index (κ2) is 9.31. The smallest absolute Gasteiger partial charge is 0.260 e. The quantitative estimate of drug-likeness (QED) is 0.802. The van der Waals surface area contributed by atoms with Gasteiger partial charge in [0.05, 0.1) is 0 Å². The van der Waals surface area contributed by atoms with E-state index in [0.29, 0.717) is 23.7 Å². The maximum atomic E-state index is 12.6. The maximum absolute atomic E-state index is 12.6. The zero-order valence-electron chi connectivity index (χ0n) is 17.1. The Balaban J connectivity index is 1.48. The van der Waals surface area contributed by atoms with E-state index in [0.717, 1.165) is 35.3 Å². The van der Waals surface area contributed by atoms with Gasteiger partial charge < -0.3 is 15.0 Å². The monoisotopic (exact) mass is 414 g/mol. The van der Waals surface area contributed by atoms with E-state index in [1.54, 1.807) is 24.3 Å². The molecule has 0 spiro atoms. The molecule has 29 heavy (non-hydrogen) atoms. The van der Waals surface area contributed by atoms with Crippen LogP contribution in [-0.4, -0.2) is 42.5 Å². The fraction of sp³-hybridized carbons (Fsp3) is 0.391. The first-order valence-corrected chi connectivity index (χ1v) is 10.3. The van der Waals surface area contributed by atoms with Gasteiger partial charge in [-0.3, -0.25) is 9.59 Å². The summed E-state index contributed by atoms with van der Waals surface area (Å²) in [5, 5.41) is 3.57. The number of nitrogens with zero attached hydrogens (tertiary/aromatic N) is 1. The van der Waals surface area contributed by atoms with Crippen LogP contribution in [0.1, 0.15) is 39.9 Å². The predicted octanol–water partition coefficient (Wildman–Crippen LogP) is 4.07. The van der Waals surface area contributed by atoms with Crippen LogP contribution < -0.4 is 10.1 Å². The molecule has 1 aliphatic heterocycles. The third kappa shape index (κ3) is 5.30. The second-order valence-corrected chi connectivity index (χ2v) is 8.02. The Bertz CT molecular complexity index is 905. The molecule has 5 nitrogen and oxygen atoms in total. The molecule has 2 aromatic carbocycles. The summed E-state index contributed by atoms with van der Waals surface area (Å²) in [6.45, 7) is 7.27. The predicted molar refractivity (Wildman–Crippen MR) is 115 cm³/mol. The molecule has 1 heterocycles. The van der Waals surface area contributed by atoms with Crippen LogP contribution in [0.3, 0.4) is 0 Å². The molecular formula is C23H27ClN2O3. The summed E-state index contributed by atoms with van der Waals surface area (Å²) in [6, 6.07) is 11.0. The third-order valence-electron chi connectivity index (χ3n) is 5.48. The number of carbonyl (C=O) groups is 2. The van der Waals surface area contributed by atoms with E-state index in [4.69, 9.17) is 16.3 Å². The first-order valence-electron chi connectivity index (χ1n) is 9.89. The van der Waals surface area contributed by atoms with Crippen LogP contribution in [0, 0.1) is 20.8 Å². The Morgan fingerprint density at radius 1 is 1.10 bits per heavy atom. The highest BCUT2D eigenvalue weighted by Gasteiger charge is 2.24. The minimum Gasteiger partial charge on any atom is -0.483 e. The molecule has 2 amide bonds. The van der Waals surface area contributed by atoms with Crippen molar-refractivity contribution in [2.45, 2.75) is 39.7 Å². The number of hydrogen-bond donors (Lipinski definition) is 1. The molecule has 1 saturated heterocycles. The summed E-state index contributed by atoms with van der Waals surface area (Å²) in [7, 11) is 0. The summed E-state index contributed by atoms with van der Waals surface area (Å²) >= 11 is 5.95. The van der Waals surface area contributed by atoms with E-state index in [2.05, 4.69) is 11.4 Å². The Labute approximate surface area is 177 Å². The number of nitrogens with one attached hydrogen (secondary N) is 1. The number of rotatable bonds is 5. The summed E-state index contributed by atoms with van der Waals surface area (Å²) in [5.41, 5.74) is 3.80. The van der Waals surface area contributed by atoms with E-state index >= 15 is 0 Å². The summed E-state index contributed by atoms with van der Waals surface area (Å²) in [5.74, 6) is 0.637. The van der Waals surface area contributed by atoms with Gasteiger partial charge >= 0.3 is 0 Å². The minimum atomic E-state index is -0.133. The average molecular weight is 415 g/mol. The molecule has 154 valence electrons. The van der Waals surface area contributed by atoms with E-state index in [1.165, 1.54) is 0 Å². The number of amides is 2. The second-order valence-electron chi connectivity index (χ2n) is 7.58. The molecular weight excluding hydrogens is 388 g/mol. The highest BCUT2D eigenvalue weighted by Crippen LogP contribution is 2.25. The van der Waals surface area contributed by atoms with Crippen molar-refractivity contribution >= 4 is 23.4 Å². The van der Waals surface area contributed by atoms with Crippen molar-refractivity contribution in [2.75, 3.05) is 19.7 Å². The van der Waals surface area contributed by atoms with Gasteiger partial charge in [-0.1, -0.05) is 29.8 Å².